The van der Waals surface area contributed by atoms with Crippen molar-refractivity contribution in [3.8, 4) is 22.8 Å². The second-order valence-electron chi connectivity index (χ2n) is 7.06. The molecule has 1 amide bonds. The lowest BCUT2D eigenvalue weighted by molar-refractivity contribution is 0.0956. The van der Waals surface area contributed by atoms with E-state index in [-0.39, 0.29) is 11.7 Å². The highest BCUT2D eigenvalue weighted by Gasteiger charge is 2.14. The molecular weight excluding hydrogens is 550 g/mol. The van der Waals surface area contributed by atoms with Gasteiger partial charge in [0.1, 0.15) is 11.5 Å². The maximum absolute atomic E-state index is 13.0. The first kappa shape index (κ1) is 22.9. The molecule has 0 atom stereocenters. The van der Waals surface area contributed by atoms with Crippen molar-refractivity contribution in [2.24, 2.45) is 5.10 Å². The number of halogens is 2. The fraction of sp³-hybridized carbons (Fsp3) is 0.0800. The monoisotopic (exact) mass is 567 g/mol. The number of hydrazone groups is 1. The van der Waals surface area contributed by atoms with Crippen LogP contribution >= 0.6 is 31.9 Å². The van der Waals surface area contributed by atoms with E-state index in [1.807, 2.05) is 55.5 Å². The number of hydrogen-bond donors (Lipinski definition) is 2. The zero-order chi connectivity index (χ0) is 23.4. The van der Waals surface area contributed by atoms with Gasteiger partial charge in [0.2, 0.25) is 0 Å². The fourth-order valence-corrected chi connectivity index (χ4v) is 4.51. The van der Waals surface area contributed by atoms with Gasteiger partial charge in [-0.15, -0.1) is 0 Å². The van der Waals surface area contributed by atoms with Crippen LogP contribution in [0.4, 0.5) is 0 Å². The Kier molecular flexibility index (Phi) is 7.05. The van der Waals surface area contributed by atoms with E-state index in [0.29, 0.717) is 37.9 Å². The standard InChI is InChI=1S/C25H19Br2N3O3/c1-2-33-17-9-7-16(8-10-17)23-13-19(18-5-3-4-6-22(18)29-23)25(32)30-28-14-15-11-20(26)24(31)21(27)12-15/h3-14,31H,2H2,1H3,(H,30,32)/b28-14+. The third kappa shape index (κ3) is 5.23. The van der Waals surface area contributed by atoms with Gasteiger partial charge in [0.25, 0.3) is 5.91 Å². The summed E-state index contributed by atoms with van der Waals surface area (Å²) in [5.41, 5.74) is 6.02. The normalized spacial score (nSPS) is 11.1. The van der Waals surface area contributed by atoms with E-state index in [2.05, 4.69) is 42.4 Å². The summed E-state index contributed by atoms with van der Waals surface area (Å²) in [6.45, 7) is 2.53. The van der Waals surface area contributed by atoms with Crippen LogP contribution in [0.1, 0.15) is 22.8 Å². The first-order valence-corrected chi connectivity index (χ1v) is 11.7. The number of aromatic nitrogens is 1. The molecule has 0 aliphatic heterocycles. The summed E-state index contributed by atoms with van der Waals surface area (Å²) in [6, 6.07) is 20.2. The van der Waals surface area contributed by atoms with E-state index in [9.17, 15) is 9.90 Å². The molecule has 6 nitrogen and oxygen atoms in total. The van der Waals surface area contributed by atoms with Crippen molar-refractivity contribution in [2.75, 3.05) is 6.61 Å². The fourth-order valence-electron chi connectivity index (χ4n) is 3.29. The smallest absolute Gasteiger partial charge is 0.272 e. The number of aromatic hydroxyl groups is 1. The number of nitrogens with zero attached hydrogens (tertiary/aromatic N) is 2. The second kappa shape index (κ2) is 10.1. The van der Waals surface area contributed by atoms with Crippen LogP contribution in [-0.4, -0.2) is 28.8 Å². The minimum Gasteiger partial charge on any atom is -0.506 e. The molecule has 1 aromatic heterocycles. The van der Waals surface area contributed by atoms with Crippen molar-refractivity contribution in [2.45, 2.75) is 6.92 Å². The van der Waals surface area contributed by atoms with Gasteiger partial charge >= 0.3 is 0 Å². The van der Waals surface area contributed by atoms with Gasteiger partial charge in [0.15, 0.2) is 0 Å². The molecule has 0 saturated carbocycles. The molecule has 0 aliphatic carbocycles. The molecule has 0 fully saturated rings. The summed E-state index contributed by atoms with van der Waals surface area (Å²) in [6.07, 6.45) is 1.50. The van der Waals surface area contributed by atoms with Crippen molar-refractivity contribution in [3.63, 3.8) is 0 Å². The highest BCUT2D eigenvalue weighted by molar-refractivity contribution is 9.11. The van der Waals surface area contributed by atoms with Crippen molar-refractivity contribution >= 4 is 54.9 Å². The van der Waals surface area contributed by atoms with Crippen LogP contribution in [0.2, 0.25) is 0 Å². The summed E-state index contributed by atoms with van der Waals surface area (Å²) < 4.78 is 6.55. The summed E-state index contributed by atoms with van der Waals surface area (Å²) in [4.78, 5) is 17.8. The molecule has 0 radical (unpaired) electrons. The van der Waals surface area contributed by atoms with Gasteiger partial charge in [-0.1, -0.05) is 18.2 Å². The van der Waals surface area contributed by atoms with Crippen LogP contribution in [0.25, 0.3) is 22.2 Å². The van der Waals surface area contributed by atoms with Gasteiger partial charge in [-0.25, -0.2) is 10.4 Å². The van der Waals surface area contributed by atoms with Crippen LogP contribution in [0.5, 0.6) is 11.5 Å². The summed E-state index contributed by atoms with van der Waals surface area (Å²) in [7, 11) is 0. The number of carbonyl (C=O) groups excluding carboxylic acids is 1. The van der Waals surface area contributed by atoms with Crippen LogP contribution in [-0.2, 0) is 0 Å². The Morgan fingerprint density at radius 3 is 2.48 bits per heavy atom. The van der Waals surface area contributed by atoms with Crippen LogP contribution in [0.3, 0.4) is 0 Å². The lowest BCUT2D eigenvalue weighted by atomic mass is 10.0. The number of phenolic OH excluding ortho intramolecular Hbond substituents is 1. The Balaban J connectivity index is 1.64. The Morgan fingerprint density at radius 2 is 1.79 bits per heavy atom. The van der Waals surface area contributed by atoms with Gasteiger partial charge in [0.05, 0.1) is 38.5 Å². The molecular formula is C25H19Br2N3O3. The topological polar surface area (TPSA) is 83.8 Å². The van der Waals surface area contributed by atoms with Gasteiger partial charge in [-0.3, -0.25) is 4.79 Å². The minimum absolute atomic E-state index is 0.0984. The lowest BCUT2D eigenvalue weighted by Crippen LogP contribution is -2.18. The number of benzene rings is 3. The molecule has 0 unspecified atom stereocenters. The number of pyridine rings is 1. The van der Waals surface area contributed by atoms with Crippen molar-refractivity contribution in [1.82, 2.24) is 10.4 Å². The third-order valence-corrected chi connectivity index (χ3v) is 6.05. The first-order chi connectivity index (χ1) is 16.0. The predicted molar refractivity (Wildman–Crippen MR) is 137 cm³/mol. The predicted octanol–water partition coefficient (Wildman–Crippen LogP) is 6.30. The molecule has 33 heavy (non-hydrogen) atoms. The summed E-state index contributed by atoms with van der Waals surface area (Å²) >= 11 is 6.56. The Bertz CT molecular complexity index is 1330. The molecule has 4 aromatic rings. The van der Waals surface area contributed by atoms with Crippen molar-refractivity contribution in [1.29, 1.82) is 0 Å². The largest absolute Gasteiger partial charge is 0.506 e. The molecule has 1 heterocycles. The number of ether oxygens (including phenoxy) is 1. The van der Waals surface area contributed by atoms with Gasteiger partial charge < -0.3 is 9.84 Å². The van der Waals surface area contributed by atoms with E-state index >= 15 is 0 Å². The minimum atomic E-state index is -0.353. The highest BCUT2D eigenvalue weighted by atomic mass is 79.9. The summed E-state index contributed by atoms with van der Waals surface area (Å²) in [5.74, 6) is 0.525. The number of hydrogen-bond acceptors (Lipinski definition) is 5. The zero-order valence-corrected chi connectivity index (χ0v) is 20.7. The SMILES string of the molecule is CCOc1ccc(-c2cc(C(=O)N/N=C/c3cc(Br)c(O)c(Br)c3)c3ccccc3n2)cc1. The first-order valence-electron chi connectivity index (χ1n) is 10.1. The zero-order valence-electron chi connectivity index (χ0n) is 17.5. The van der Waals surface area contributed by atoms with E-state index in [4.69, 9.17) is 9.72 Å². The van der Waals surface area contributed by atoms with Gasteiger partial charge in [-0.05, 0) is 92.9 Å². The third-order valence-electron chi connectivity index (χ3n) is 4.84. The van der Waals surface area contributed by atoms with E-state index in [1.165, 1.54) is 6.21 Å². The Hall–Kier alpha value is -3.23. The maximum Gasteiger partial charge on any atom is 0.272 e. The van der Waals surface area contributed by atoms with E-state index in [0.717, 1.165) is 16.7 Å². The van der Waals surface area contributed by atoms with Crippen LogP contribution in [0, 0.1) is 0 Å². The number of rotatable bonds is 6. The number of fused-ring (bicyclic) bond motifs is 1. The molecule has 0 spiro atoms. The molecule has 0 bridgehead atoms. The van der Waals surface area contributed by atoms with E-state index < -0.39 is 0 Å². The number of phenols is 1. The van der Waals surface area contributed by atoms with E-state index in [1.54, 1.807) is 18.2 Å². The van der Waals surface area contributed by atoms with Gasteiger partial charge in [-0.2, -0.15) is 5.10 Å². The number of para-hydroxylation sites is 1. The average Bonchev–Trinajstić information content (AvgIpc) is 2.82. The molecule has 2 N–H and O–H groups in total. The molecule has 8 heteroatoms. The molecule has 166 valence electrons. The second-order valence-corrected chi connectivity index (χ2v) is 8.77. The Morgan fingerprint density at radius 1 is 1.09 bits per heavy atom. The maximum atomic E-state index is 13.0. The molecule has 3 aromatic carbocycles. The van der Waals surface area contributed by atoms with Crippen LogP contribution in [0.15, 0.2) is 80.8 Å². The molecule has 0 aliphatic rings. The Labute approximate surface area is 207 Å². The highest BCUT2D eigenvalue weighted by Crippen LogP contribution is 2.33. The lowest BCUT2D eigenvalue weighted by Gasteiger charge is -2.10. The molecule has 4 rings (SSSR count). The number of nitrogens with one attached hydrogen (secondary N) is 1. The quantitative estimate of drug-likeness (QED) is 0.211. The van der Waals surface area contributed by atoms with Gasteiger partial charge in [0, 0.05) is 10.9 Å². The summed E-state index contributed by atoms with van der Waals surface area (Å²) in [5, 5.41) is 14.7. The average molecular weight is 569 g/mol. The van der Waals surface area contributed by atoms with Crippen molar-refractivity contribution < 1.29 is 14.6 Å². The molecule has 0 saturated heterocycles. The number of amides is 1. The van der Waals surface area contributed by atoms with Crippen molar-refractivity contribution in [3.05, 3.63) is 86.8 Å². The van der Waals surface area contributed by atoms with Crippen LogP contribution < -0.4 is 10.2 Å². The number of carbonyl (C=O) groups is 1.